The molecule has 1 aliphatic rings. The number of hydrogen-bond donors (Lipinski definition) is 1. The van der Waals surface area contributed by atoms with E-state index >= 15 is 0 Å². The maximum Gasteiger partial charge on any atom is 0.145 e. The molecular formula is C17H23N3O. The van der Waals surface area contributed by atoms with Gasteiger partial charge in [-0.1, -0.05) is 18.2 Å². The number of aromatic nitrogens is 1. The lowest BCUT2D eigenvalue weighted by atomic mass is 10.1. The summed E-state index contributed by atoms with van der Waals surface area (Å²) in [5.41, 5.74) is 2.06. The summed E-state index contributed by atoms with van der Waals surface area (Å²) in [6.45, 7) is 7.50. The first-order chi connectivity index (χ1) is 10.2. The second-order valence-electron chi connectivity index (χ2n) is 6.00. The van der Waals surface area contributed by atoms with Gasteiger partial charge in [0.25, 0.3) is 0 Å². The van der Waals surface area contributed by atoms with Crippen LogP contribution >= 0.6 is 0 Å². The van der Waals surface area contributed by atoms with Gasteiger partial charge in [-0.3, -0.25) is 4.90 Å². The molecule has 0 spiro atoms. The fourth-order valence-corrected chi connectivity index (χ4v) is 3.21. The van der Waals surface area contributed by atoms with Crippen LogP contribution in [-0.4, -0.2) is 42.2 Å². The Bertz CT molecular complexity index is 618. The minimum atomic E-state index is 0.531. The van der Waals surface area contributed by atoms with Crippen molar-refractivity contribution in [1.29, 1.82) is 0 Å². The van der Waals surface area contributed by atoms with E-state index in [0.717, 1.165) is 42.0 Å². The third kappa shape index (κ3) is 3.17. The molecule has 2 unspecified atom stereocenters. The molecule has 1 fully saturated rings. The monoisotopic (exact) mass is 285 g/mol. The third-order valence-corrected chi connectivity index (χ3v) is 3.98. The van der Waals surface area contributed by atoms with Crippen molar-refractivity contribution in [2.75, 3.05) is 20.2 Å². The Labute approximate surface area is 126 Å². The van der Waals surface area contributed by atoms with Crippen LogP contribution in [0.25, 0.3) is 10.9 Å². The van der Waals surface area contributed by atoms with Crippen molar-refractivity contribution in [1.82, 2.24) is 15.2 Å². The minimum Gasteiger partial charge on any atom is -0.494 e. The lowest BCUT2D eigenvalue weighted by molar-refractivity contribution is 0.165. The van der Waals surface area contributed by atoms with E-state index in [-0.39, 0.29) is 0 Å². The molecule has 0 bridgehead atoms. The van der Waals surface area contributed by atoms with Crippen molar-refractivity contribution in [3.05, 3.63) is 36.0 Å². The van der Waals surface area contributed by atoms with Gasteiger partial charge in [0, 0.05) is 37.1 Å². The highest BCUT2D eigenvalue weighted by atomic mass is 16.5. The van der Waals surface area contributed by atoms with Gasteiger partial charge >= 0.3 is 0 Å². The first kappa shape index (κ1) is 14.3. The topological polar surface area (TPSA) is 37.4 Å². The van der Waals surface area contributed by atoms with Crippen LogP contribution in [-0.2, 0) is 6.54 Å². The summed E-state index contributed by atoms with van der Waals surface area (Å²) in [5.74, 6) is 0.844. The molecule has 2 heterocycles. The molecule has 0 radical (unpaired) electrons. The highest BCUT2D eigenvalue weighted by Gasteiger charge is 2.21. The van der Waals surface area contributed by atoms with E-state index in [0.29, 0.717) is 12.1 Å². The van der Waals surface area contributed by atoms with E-state index in [2.05, 4.69) is 42.3 Å². The Morgan fingerprint density at radius 2 is 1.95 bits per heavy atom. The Balaban J connectivity index is 1.84. The minimum absolute atomic E-state index is 0.531. The standard InChI is InChI=1S/C17H23N3O/c1-12-9-20(10-13(2)18-12)11-15-8-7-14-5-4-6-16(21-3)17(14)19-15/h4-8,12-13,18H,9-11H2,1-3H3. The molecule has 1 aromatic carbocycles. The molecule has 0 aliphatic carbocycles. The predicted octanol–water partition coefficient (Wildman–Crippen LogP) is 2.43. The normalized spacial score (nSPS) is 23.4. The van der Waals surface area contributed by atoms with Gasteiger partial charge in [-0.05, 0) is 26.0 Å². The maximum absolute atomic E-state index is 5.42. The number of pyridine rings is 1. The van der Waals surface area contributed by atoms with E-state index in [1.807, 2.05) is 12.1 Å². The first-order valence-electron chi connectivity index (χ1n) is 7.57. The van der Waals surface area contributed by atoms with Gasteiger partial charge in [0.1, 0.15) is 11.3 Å². The van der Waals surface area contributed by atoms with Gasteiger partial charge in [0.2, 0.25) is 0 Å². The van der Waals surface area contributed by atoms with Crippen LogP contribution in [0.2, 0.25) is 0 Å². The zero-order chi connectivity index (χ0) is 14.8. The Hall–Kier alpha value is -1.65. The van der Waals surface area contributed by atoms with Gasteiger partial charge in [-0.15, -0.1) is 0 Å². The van der Waals surface area contributed by atoms with Crippen molar-refractivity contribution >= 4 is 10.9 Å². The quantitative estimate of drug-likeness (QED) is 0.940. The van der Waals surface area contributed by atoms with E-state index in [1.54, 1.807) is 7.11 Å². The summed E-state index contributed by atoms with van der Waals surface area (Å²) in [6, 6.07) is 11.4. The molecule has 0 amide bonds. The number of fused-ring (bicyclic) bond motifs is 1. The number of nitrogens with one attached hydrogen (secondary N) is 1. The van der Waals surface area contributed by atoms with E-state index in [9.17, 15) is 0 Å². The van der Waals surface area contributed by atoms with Crippen LogP contribution < -0.4 is 10.1 Å². The van der Waals surface area contributed by atoms with Crippen LogP contribution in [0.5, 0.6) is 5.75 Å². The Morgan fingerprint density at radius 3 is 2.67 bits per heavy atom. The summed E-state index contributed by atoms with van der Waals surface area (Å²) < 4.78 is 5.42. The third-order valence-electron chi connectivity index (χ3n) is 3.98. The molecule has 21 heavy (non-hydrogen) atoms. The van der Waals surface area contributed by atoms with Crippen LogP contribution in [0.4, 0.5) is 0 Å². The highest BCUT2D eigenvalue weighted by Crippen LogP contribution is 2.24. The number of ether oxygens (including phenoxy) is 1. The van der Waals surface area contributed by atoms with Crippen molar-refractivity contribution in [2.45, 2.75) is 32.5 Å². The second-order valence-corrected chi connectivity index (χ2v) is 6.00. The van der Waals surface area contributed by atoms with Crippen molar-refractivity contribution in [3.63, 3.8) is 0 Å². The maximum atomic E-state index is 5.42. The number of nitrogens with zero attached hydrogens (tertiary/aromatic N) is 2. The first-order valence-corrected chi connectivity index (χ1v) is 7.57. The number of methoxy groups -OCH3 is 1. The molecule has 1 aliphatic heterocycles. The Morgan fingerprint density at radius 1 is 1.19 bits per heavy atom. The fraction of sp³-hybridized carbons (Fsp3) is 0.471. The van der Waals surface area contributed by atoms with Gasteiger partial charge < -0.3 is 10.1 Å². The number of hydrogen-bond acceptors (Lipinski definition) is 4. The summed E-state index contributed by atoms with van der Waals surface area (Å²) in [4.78, 5) is 7.27. The zero-order valence-corrected chi connectivity index (χ0v) is 13.0. The molecule has 4 heteroatoms. The molecular weight excluding hydrogens is 262 g/mol. The zero-order valence-electron chi connectivity index (χ0n) is 13.0. The van der Waals surface area contributed by atoms with Gasteiger partial charge in [-0.2, -0.15) is 0 Å². The van der Waals surface area contributed by atoms with Gasteiger partial charge in [0.05, 0.1) is 12.8 Å². The molecule has 2 aromatic rings. The molecule has 1 aromatic heterocycles. The summed E-state index contributed by atoms with van der Waals surface area (Å²) in [5, 5.41) is 4.69. The van der Waals surface area contributed by atoms with Crippen molar-refractivity contribution in [3.8, 4) is 5.75 Å². The van der Waals surface area contributed by atoms with Gasteiger partial charge in [0.15, 0.2) is 0 Å². The second kappa shape index (κ2) is 6.00. The summed E-state index contributed by atoms with van der Waals surface area (Å²) >= 11 is 0. The summed E-state index contributed by atoms with van der Waals surface area (Å²) in [6.07, 6.45) is 0. The van der Waals surface area contributed by atoms with Crippen molar-refractivity contribution in [2.24, 2.45) is 0 Å². The number of para-hydroxylation sites is 1. The smallest absolute Gasteiger partial charge is 0.145 e. The molecule has 4 nitrogen and oxygen atoms in total. The van der Waals surface area contributed by atoms with Crippen LogP contribution in [0.15, 0.2) is 30.3 Å². The molecule has 0 saturated carbocycles. The molecule has 3 rings (SSSR count). The van der Waals surface area contributed by atoms with E-state index in [1.165, 1.54) is 0 Å². The lowest BCUT2D eigenvalue weighted by Gasteiger charge is -2.35. The Kier molecular flexibility index (Phi) is 4.08. The largest absolute Gasteiger partial charge is 0.494 e. The van der Waals surface area contributed by atoms with Crippen LogP contribution in [0.1, 0.15) is 19.5 Å². The average Bonchev–Trinajstić information content (AvgIpc) is 2.45. The van der Waals surface area contributed by atoms with E-state index < -0.39 is 0 Å². The number of benzene rings is 1. The number of piperazine rings is 1. The summed E-state index contributed by atoms with van der Waals surface area (Å²) in [7, 11) is 1.70. The SMILES string of the molecule is COc1cccc2ccc(CN3CC(C)NC(C)C3)nc12. The predicted molar refractivity (Wildman–Crippen MR) is 85.6 cm³/mol. The molecule has 112 valence electrons. The highest BCUT2D eigenvalue weighted by molar-refractivity contribution is 5.84. The lowest BCUT2D eigenvalue weighted by Crippen LogP contribution is -2.53. The molecule has 2 atom stereocenters. The average molecular weight is 285 g/mol. The molecule has 1 saturated heterocycles. The fourth-order valence-electron chi connectivity index (χ4n) is 3.21. The van der Waals surface area contributed by atoms with Crippen molar-refractivity contribution < 1.29 is 4.74 Å². The molecule has 1 N–H and O–H groups in total. The van der Waals surface area contributed by atoms with Crippen LogP contribution in [0, 0.1) is 0 Å². The number of rotatable bonds is 3. The van der Waals surface area contributed by atoms with Crippen LogP contribution in [0.3, 0.4) is 0 Å². The van der Waals surface area contributed by atoms with Gasteiger partial charge in [-0.25, -0.2) is 4.98 Å². The van der Waals surface area contributed by atoms with E-state index in [4.69, 9.17) is 9.72 Å².